The molecule has 0 aliphatic heterocycles. The zero-order chi connectivity index (χ0) is 14.7. The minimum absolute atomic E-state index is 0.0170. The van der Waals surface area contributed by atoms with Gasteiger partial charge >= 0.3 is 5.69 Å². The first-order chi connectivity index (χ1) is 9.49. The van der Waals surface area contributed by atoms with Crippen molar-refractivity contribution in [3.05, 3.63) is 51.2 Å². The van der Waals surface area contributed by atoms with Gasteiger partial charge < -0.3 is 10.6 Å². The third-order valence-corrected chi connectivity index (χ3v) is 3.06. The smallest absolute Gasteiger partial charge is 0.329 e. The number of nitro groups is 1. The number of halogens is 1. The molecule has 2 aromatic rings. The zero-order valence-corrected chi connectivity index (χ0v) is 11.4. The van der Waals surface area contributed by atoms with Gasteiger partial charge in [0.2, 0.25) is 11.8 Å². The average Bonchev–Trinajstić information content (AvgIpc) is 2.40. The molecule has 20 heavy (non-hydrogen) atoms. The molecule has 0 saturated heterocycles. The topological polar surface area (TPSA) is 98.2 Å². The third-order valence-electron chi connectivity index (χ3n) is 2.69. The van der Waals surface area contributed by atoms with E-state index in [0.29, 0.717) is 11.6 Å². The molecule has 0 atom stereocenters. The molecule has 0 spiro atoms. The zero-order valence-electron chi connectivity index (χ0n) is 10.7. The molecule has 0 fully saturated rings. The number of benzene rings is 1. The van der Waals surface area contributed by atoms with E-state index in [2.05, 4.69) is 9.97 Å². The van der Waals surface area contributed by atoms with E-state index in [9.17, 15) is 10.1 Å². The first-order valence-electron chi connectivity index (χ1n) is 5.70. The van der Waals surface area contributed by atoms with Crippen LogP contribution in [0.2, 0.25) is 5.02 Å². The van der Waals surface area contributed by atoms with E-state index >= 15 is 0 Å². The SMILES string of the molecule is CN(Cc1ccccc1Cl)c1nc(N)ncc1[N+](=O)[O-]. The van der Waals surface area contributed by atoms with Gasteiger partial charge in [-0.05, 0) is 11.6 Å². The minimum atomic E-state index is -0.544. The van der Waals surface area contributed by atoms with Gasteiger partial charge in [-0.25, -0.2) is 4.98 Å². The lowest BCUT2D eigenvalue weighted by Gasteiger charge is -2.18. The van der Waals surface area contributed by atoms with E-state index < -0.39 is 4.92 Å². The summed E-state index contributed by atoms with van der Waals surface area (Å²) in [6.45, 7) is 0.372. The fourth-order valence-electron chi connectivity index (χ4n) is 1.75. The van der Waals surface area contributed by atoms with Gasteiger partial charge in [-0.2, -0.15) is 4.98 Å². The van der Waals surface area contributed by atoms with Gasteiger partial charge in [-0.15, -0.1) is 0 Å². The van der Waals surface area contributed by atoms with Gasteiger partial charge in [-0.1, -0.05) is 29.8 Å². The van der Waals surface area contributed by atoms with Crippen LogP contribution in [0, 0.1) is 10.1 Å². The summed E-state index contributed by atoms with van der Waals surface area (Å²) in [6.07, 6.45) is 1.10. The number of nitrogen functional groups attached to an aromatic ring is 1. The molecular formula is C12H12ClN5O2. The van der Waals surface area contributed by atoms with Crippen molar-refractivity contribution in [2.24, 2.45) is 0 Å². The Kier molecular flexibility index (Phi) is 3.99. The maximum absolute atomic E-state index is 11.0. The number of anilines is 2. The van der Waals surface area contributed by atoms with Gasteiger partial charge in [0, 0.05) is 18.6 Å². The van der Waals surface area contributed by atoms with Gasteiger partial charge in [0.15, 0.2) is 0 Å². The van der Waals surface area contributed by atoms with Crippen LogP contribution in [-0.2, 0) is 6.54 Å². The largest absolute Gasteiger partial charge is 0.368 e. The Hall–Kier alpha value is -2.41. The Morgan fingerprint density at radius 3 is 2.80 bits per heavy atom. The van der Waals surface area contributed by atoms with Gasteiger partial charge in [0.1, 0.15) is 6.20 Å². The quantitative estimate of drug-likeness (QED) is 0.686. The Morgan fingerprint density at radius 1 is 1.45 bits per heavy atom. The average molecular weight is 294 g/mol. The molecule has 0 bridgehead atoms. The predicted octanol–water partition coefficient (Wildman–Crippen LogP) is 2.26. The molecular weight excluding hydrogens is 282 g/mol. The normalized spacial score (nSPS) is 10.3. The number of aromatic nitrogens is 2. The highest BCUT2D eigenvalue weighted by molar-refractivity contribution is 6.31. The molecule has 0 unspecified atom stereocenters. The van der Waals surface area contributed by atoms with Crippen molar-refractivity contribution in [2.45, 2.75) is 6.54 Å². The van der Waals surface area contributed by atoms with E-state index in [0.717, 1.165) is 11.8 Å². The highest BCUT2D eigenvalue weighted by atomic mass is 35.5. The predicted molar refractivity (Wildman–Crippen MR) is 76.7 cm³/mol. The number of nitrogens with two attached hydrogens (primary N) is 1. The van der Waals surface area contributed by atoms with Gasteiger partial charge in [-0.3, -0.25) is 10.1 Å². The summed E-state index contributed by atoms with van der Waals surface area (Å²) < 4.78 is 0. The van der Waals surface area contributed by atoms with E-state index in [1.165, 1.54) is 0 Å². The summed E-state index contributed by atoms with van der Waals surface area (Å²) in [7, 11) is 1.68. The van der Waals surface area contributed by atoms with Crippen molar-refractivity contribution in [1.82, 2.24) is 9.97 Å². The summed E-state index contributed by atoms with van der Waals surface area (Å²) in [5.74, 6) is 0.138. The first-order valence-corrected chi connectivity index (χ1v) is 6.08. The fraction of sp³-hybridized carbons (Fsp3) is 0.167. The molecule has 0 radical (unpaired) electrons. The molecule has 1 aromatic carbocycles. The molecule has 2 N–H and O–H groups in total. The van der Waals surface area contributed by atoms with Crippen LogP contribution in [0.3, 0.4) is 0 Å². The minimum Gasteiger partial charge on any atom is -0.368 e. The molecule has 0 saturated carbocycles. The van der Waals surface area contributed by atoms with Crippen LogP contribution in [0.25, 0.3) is 0 Å². The lowest BCUT2D eigenvalue weighted by Crippen LogP contribution is -2.20. The maximum Gasteiger partial charge on any atom is 0.329 e. The van der Waals surface area contributed by atoms with E-state index in [4.69, 9.17) is 17.3 Å². The molecule has 0 amide bonds. The second kappa shape index (κ2) is 5.70. The Balaban J connectivity index is 2.34. The molecule has 8 heteroatoms. The van der Waals surface area contributed by atoms with Crippen molar-refractivity contribution in [1.29, 1.82) is 0 Å². The number of hydrogen-bond acceptors (Lipinski definition) is 6. The van der Waals surface area contributed by atoms with Crippen LogP contribution in [-0.4, -0.2) is 21.9 Å². The van der Waals surface area contributed by atoms with E-state index in [1.807, 2.05) is 18.2 Å². The van der Waals surface area contributed by atoms with Crippen molar-refractivity contribution in [2.75, 3.05) is 17.7 Å². The Bertz CT molecular complexity index is 649. The monoisotopic (exact) mass is 293 g/mol. The maximum atomic E-state index is 11.0. The van der Waals surface area contributed by atoms with Crippen molar-refractivity contribution in [3.8, 4) is 0 Å². The van der Waals surface area contributed by atoms with Crippen LogP contribution < -0.4 is 10.6 Å². The summed E-state index contributed by atoms with van der Waals surface area (Å²) in [4.78, 5) is 19.6. The van der Waals surface area contributed by atoms with E-state index in [-0.39, 0.29) is 17.5 Å². The summed E-state index contributed by atoms with van der Waals surface area (Å²) in [5, 5.41) is 11.6. The highest BCUT2D eigenvalue weighted by Gasteiger charge is 2.20. The van der Waals surface area contributed by atoms with Crippen LogP contribution in [0.1, 0.15) is 5.56 Å². The number of hydrogen-bond donors (Lipinski definition) is 1. The molecule has 7 nitrogen and oxygen atoms in total. The fourth-order valence-corrected chi connectivity index (χ4v) is 1.94. The van der Waals surface area contributed by atoms with Crippen molar-refractivity contribution in [3.63, 3.8) is 0 Å². The molecule has 1 heterocycles. The Labute approximate surface area is 120 Å². The molecule has 1 aromatic heterocycles. The van der Waals surface area contributed by atoms with Crippen LogP contribution in [0.4, 0.5) is 17.5 Å². The first kappa shape index (κ1) is 14.0. The molecule has 0 aliphatic rings. The van der Waals surface area contributed by atoms with Crippen LogP contribution in [0.15, 0.2) is 30.5 Å². The summed E-state index contributed by atoms with van der Waals surface area (Å²) >= 11 is 6.07. The van der Waals surface area contributed by atoms with Crippen LogP contribution >= 0.6 is 11.6 Å². The van der Waals surface area contributed by atoms with Crippen molar-refractivity contribution < 1.29 is 4.92 Å². The number of nitrogens with zero attached hydrogens (tertiary/aromatic N) is 4. The second-order valence-electron chi connectivity index (χ2n) is 4.14. The summed E-state index contributed by atoms with van der Waals surface area (Å²) in [5.41, 5.74) is 6.13. The lowest BCUT2D eigenvalue weighted by molar-refractivity contribution is -0.384. The standard InChI is InChI=1S/C12H12ClN5O2/c1-17(7-8-4-2-3-5-9(8)13)11-10(18(19)20)6-15-12(14)16-11/h2-6H,7H2,1H3,(H2,14,15,16). The third kappa shape index (κ3) is 2.94. The molecule has 104 valence electrons. The van der Waals surface area contributed by atoms with Gasteiger partial charge in [0.25, 0.3) is 0 Å². The molecule has 0 aliphatic carbocycles. The van der Waals surface area contributed by atoms with E-state index in [1.54, 1.807) is 18.0 Å². The second-order valence-corrected chi connectivity index (χ2v) is 4.55. The van der Waals surface area contributed by atoms with Crippen LogP contribution in [0.5, 0.6) is 0 Å². The lowest BCUT2D eigenvalue weighted by atomic mass is 10.2. The van der Waals surface area contributed by atoms with Crippen molar-refractivity contribution >= 4 is 29.1 Å². The number of rotatable bonds is 4. The molecule has 2 rings (SSSR count). The summed E-state index contributed by atoms with van der Waals surface area (Å²) in [6, 6.07) is 7.26. The Morgan fingerprint density at radius 2 is 2.15 bits per heavy atom. The highest BCUT2D eigenvalue weighted by Crippen LogP contribution is 2.27. The van der Waals surface area contributed by atoms with Gasteiger partial charge in [0.05, 0.1) is 4.92 Å².